The van der Waals surface area contributed by atoms with E-state index in [1.165, 1.54) is 0 Å². The van der Waals surface area contributed by atoms with Crippen molar-refractivity contribution >= 4 is 23.2 Å². The zero-order valence-corrected chi connectivity index (χ0v) is 12.0. The molecule has 0 aromatic heterocycles. The standard InChI is InChI=1S/C15H17ClN2O2/c1-10-4-7-14(20-10)15(19)18-12-5-6-13(16)11(9-12)3-2-8-17/h5-6,9-10,14H,4,7-8,17H2,1H3,(H,18,19). The molecule has 0 aliphatic carbocycles. The van der Waals surface area contributed by atoms with E-state index in [1.54, 1.807) is 18.2 Å². The van der Waals surface area contributed by atoms with Gasteiger partial charge in [0.2, 0.25) is 0 Å². The van der Waals surface area contributed by atoms with Gasteiger partial charge >= 0.3 is 0 Å². The van der Waals surface area contributed by atoms with Crippen LogP contribution in [-0.4, -0.2) is 24.7 Å². The summed E-state index contributed by atoms with van der Waals surface area (Å²) < 4.78 is 5.53. The molecule has 106 valence electrons. The van der Waals surface area contributed by atoms with Gasteiger partial charge in [0.15, 0.2) is 0 Å². The Balaban J connectivity index is 2.07. The van der Waals surface area contributed by atoms with Gasteiger partial charge in [0.05, 0.1) is 17.7 Å². The third-order valence-electron chi connectivity index (χ3n) is 3.08. The number of nitrogens with two attached hydrogens (primary N) is 1. The van der Waals surface area contributed by atoms with E-state index in [0.29, 0.717) is 16.3 Å². The molecule has 1 aliphatic heterocycles. The number of ether oxygens (including phenoxy) is 1. The van der Waals surface area contributed by atoms with Crippen molar-refractivity contribution in [2.24, 2.45) is 5.73 Å². The molecule has 1 heterocycles. The quantitative estimate of drug-likeness (QED) is 0.821. The van der Waals surface area contributed by atoms with Gasteiger partial charge in [0.1, 0.15) is 6.10 Å². The van der Waals surface area contributed by atoms with E-state index >= 15 is 0 Å². The number of anilines is 1. The van der Waals surface area contributed by atoms with E-state index in [4.69, 9.17) is 22.1 Å². The van der Waals surface area contributed by atoms with Crippen LogP contribution in [0.15, 0.2) is 18.2 Å². The molecule has 3 N–H and O–H groups in total. The molecule has 1 aliphatic rings. The van der Waals surface area contributed by atoms with Crippen LogP contribution in [0.5, 0.6) is 0 Å². The lowest BCUT2D eigenvalue weighted by Crippen LogP contribution is -2.27. The number of rotatable bonds is 2. The number of nitrogens with one attached hydrogen (secondary N) is 1. The third kappa shape index (κ3) is 3.73. The fourth-order valence-corrected chi connectivity index (χ4v) is 2.23. The molecule has 2 rings (SSSR count). The predicted octanol–water partition coefficient (Wildman–Crippen LogP) is 2.16. The van der Waals surface area contributed by atoms with Gasteiger partial charge in [-0.05, 0) is 38.0 Å². The molecule has 0 spiro atoms. The SMILES string of the molecule is CC1CCC(C(=O)Nc2ccc(Cl)c(C#CCN)c2)O1. The lowest BCUT2D eigenvalue weighted by molar-refractivity contribution is -0.126. The highest BCUT2D eigenvalue weighted by molar-refractivity contribution is 6.31. The van der Waals surface area contributed by atoms with Crippen LogP contribution >= 0.6 is 11.6 Å². The Labute approximate surface area is 123 Å². The number of hydrogen-bond donors (Lipinski definition) is 2. The molecule has 1 fully saturated rings. The van der Waals surface area contributed by atoms with E-state index in [1.807, 2.05) is 6.92 Å². The molecule has 1 saturated heterocycles. The van der Waals surface area contributed by atoms with Gasteiger partial charge in [-0.1, -0.05) is 23.4 Å². The van der Waals surface area contributed by atoms with Gasteiger partial charge in [-0.3, -0.25) is 4.79 Å². The molecule has 1 aromatic carbocycles. The summed E-state index contributed by atoms with van der Waals surface area (Å²) in [5.74, 6) is 5.49. The lowest BCUT2D eigenvalue weighted by atomic mass is 10.1. The predicted molar refractivity (Wildman–Crippen MR) is 79.6 cm³/mol. The molecule has 0 bridgehead atoms. The smallest absolute Gasteiger partial charge is 0.253 e. The number of amides is 1. The first-order valence-corrected chi connectivity index (χ1v) is 6.92. The number of benzene rings is 1. The first-order chi connectivity index (χ1) is 9.60. The van der Waals surface area contributed by atoms with Crippen LogP contribution in [0.3, 0.4) is 0 Å². The highest BCUT2D eigenvalue weighted by Crippen LogP contribution is 2.23. The average molecular weight is 293 g/mol. The normalized spacial score (nSPS) is 21.1. The minimum absolute atomic E-state index is 0.130. The first kappa shape index (κ1) is 14.9. The second-order valence-corrected chi connectivity index (χ2v) is 5.11. The van der Waals surface area contributed by atoms with Crippen molar-refractivity contribution in [1.82, 2.24) is 0 Å². The van der Waals surface area contributed by atoms with Gasteiger partial charge in [-0.15, -0.1) is 0 Å². The number of carbonyl (C=O) groups is 1. The number of halogens is 1. The molecule has 0 radical (unpaired) electrons. The molecular weight excluding hydrogens is 276 g/mol. The molecular formula is C15H17ClN2O2. The van der Waals surface area contributed by atoms with Gasteiger partial charge < -0.3 is 15.8 Å². The van der Waals surface area contributed by atoms with Crippen LogP contribution in [0.2, 0.25) is 5.02 Å². The first-order valence-electron chi connectivity index (χ1n) is 6.55. The summed E-state index contributed by atoms with van der Waals surface area (Å²) in [6.07, 6.45) is 1.42. The molecule has 0 saturated carbocycles. The highest BCUT2D eigenvalue weighted by atomic mass is 35.5. The zero-order valence-electron chi connectivity index (χ0n) is 11.3. The van der Waals surface area contributed by atoms with Gasteiger partial charge in [0, 0.05) is 11.3 Å². The summed E-state index contributed by atoms with van der Waals surface area (Å²) in [5, 5.41) is 3.36. The van der Waals surface area contributed by atoms with Gasteiger partial charge in [0.25, 0.3) is 5.91 Å². The van der Waals surface area contributed by atoms with Gasteiger partial charge in [-0.25, -0.2) is 0 Å². The summed E-state index contributed by atoms with van der Waals surface area (Å²) >= 11 is 6.03. The molecule has 20 heavy (non-hydrogen) atoms. The Kier molecular flexibility index (Phi) is 5.02. The Morgan fingerprint density at radius 3 is 3.00 bits per heavy atom. The summed E-state index contributed by atoms with van der Waals surface area (Å²) in [5.41, 5.74) is 6.64. The zero-order chi connectivity index (χ0) is 14.5. The van der Waals surface area contributed by atoms with Crippen LogP contribution in [0, 0.1) is 11.8 Å². The van der Waals surface area contributed by atoms with Crippen LogP contribution in [0.4, 0.5) is 5.69 Å². The molecule has 1 amide bonds. The molecule has 2 atom stereocenters. The average Bonchev–Trinajstić information content (AvgIpc) is 2.86. The van der Waals surface area contributed by atoms with E-state index in [2.05, 4.69) is 17.2 Å². The lowest BCUT2D eigenvalue weighted by Gasteiger charge is -2.12. The summed E-state index contributed by atoms with van der Waals surface area (Å²) in [4.78, 5) is 12.0. The second kappa shape index (κ2) is 6.76. The van der Waals surface area contributed by atoms with E-state index in [-0.39, 0.29) is 24.7 Å². The highest BCUT2D eigenvalue weighted by Gasteiger charge is 2.28. The second-order valence-electron chi connectivity index (χ2n) is 4.70. The van der Waals surface area contributed by atoms with Crippen molar-refractivity contribution in [3.8, 4) is 11.8 Å². The number of hydrogen-bond acceptors (Lipinski definition) is 3. The topological polar surface area (TPSA) is 64.4 Å². The fourth-order valence-electron chi connectivity index (χ4n) is 2.06. The Morgan fingerprint density at radius 1 is 1.55 bits per heavy atom. The third-order valence-corrected chi connectivity index (χ3v) is 3.41. The maximum atomic E-state index is 12.0. The van der Waals surface area contributed by atoms with Crippen molar-refractivity contribution in [3.05, 3.63) is 28.8 Å². The van der Waals surface area contributed by atoms with Crippen LogP contribution in [-0.2, 0) is 9.53 Å². The van der Waals surface area contributed by atoms with Crippen LogP contribution in [0.25, 0.3) is 0 Å². The largest absolute Gasteiger partial charge is 0.365 e. The van der Waals surface area contributed by atoms with Crippen molar-refractivity contribution < 1.29 is 9.53 Å². The Hall–Kier alpha value is -1.54. The summed E-state index contributed by atoms with van der Waals surface area (Å²) in [6, 6.07) is 5.18. The minimum Gasteiger partial charge on any atom is -0.365 e. The Morgan fingerprint density at radius 2 is 2.35 bits per heavy atom. The van der Waals surface area contributed by atoms with Crippen molar-refractivity contribution in [2.75, 3.05) is 11.9 Å². The molecule has 4 nitrogen and oxygen atoms in total. The summed E-state index contributed by atoms with van der Waals surface area (Å²) in [7, 11) is 0. The van der Waals surface area contributed by atoms with Crippen molar-refractivity contribution in [2.45, 2.75) is 32.0 Å². The van der Waals surface area contributed by atoms with Crippen molar-refractivity contribution in [3.63, 3.8) is 0 Å². The van der Waals surface area contributed by atoms with Gasteiger partial charge in [-0.2, -0.15) is 0 Å². The Bertz CT molecular complexity index is 563. The fraction of sp³-hybridized carbons (Fsp3) is 0.400. The molecule has 5 heteroatoms. The van der Waals surface area contributed by atoms with E-state index < -0.39 is 0 Å². The maximum absolute atomic E-state index is 12.0. The monoisotopic (exact) mass is 292 g/mol. The van der Waals surface area contributed by atoms with Crippen molar-refractivity contribution in [1.29, 1.82) is 0 Å². The van der Waals surface area contributed by atoms with E-state index in [0.717, 1.165) is 12.8 Å². The van der Waals surface area contributed by atoms with Crippen LogP contribution < -0.4 is 11.1 Å². The summed E-state index contributed by atoms with van der Waals surface area (Å²) in [6.45, 7) is 2.23. The minimum atomic E-state index is -0.376. The maximum Gasteiger partial charge on any atom is 0.253 e. The van der Waals surface area contributed by atoms with Crippen LogP contribution in [0.1, 0.15) is 25.3 Å². The number of carbonyl (C=O) groups excluding carboxylic acids is 1. The molecule has 1 aromatic rings. The van der Waals surface area contributed by atoms with E-state index in [9.17, 15) is 4.79 Å². The molecule has 2 unspecified atom stereocenters.